The molecule has 3 aromatic rings. The number of anilines is 1. The number of nitrogens with one attached hydrogen (secondary N) is 1. The fraction of sp³-hybridized carbons (Fsp3) is 0.393. The molecule has 0 saturated heterocycles. The number of hydrogen-bond acceptors (Lipinski definition) is 6. The van der Waals surface area contributed by atoms with E-state index >= 15 is 0 Å². The van der Waals surface area contributed by atoms with Crippen LogP contribution in [0.2, 0.25) is 0 Å². The van der Waals surface area contributed by atoms with Crippen molar-refractivity contribution in [2.75, 3.05) is 18.5 Å². The summed E-state index contributed by atoms with van der Waals surface area (Å²) in [7, 11) is 0. The number of allylic oxidation sites excluding steroid dienone is 2. The van der Waals surface area contributed by atoms with E-state index < -0.39 is 17.6 Å². The zero-order valence-corrected chi connectivity index (χ0v) is 21.3. The first kappa shape index (κ1) is 28.9. The number of ether oxygens (including phenoxy) is 1. The molecular weight excluding hydrogens is 497 g/mol. The van der Waals surface area contributed by atoms with E-state index in [1.807, 2.05) is 6.92 Å². The number of benzene rings is 2. The Morgan fingerprint density at radius 2 is 1.84 bits per heavy atom. The fourth-order valence-corrected chi connectivity index (χ4v) is 3.85. The average molecular weight is 531 g/mol. The molecule has 1 atom stereocenters. The van der Waals surface area contributed by atoms with Gasteiger partial charge in [-0.05, 0) is 67.9 Å². The van der Waals surface area contributed by atoms with E-state index in [0.29, 0.717) is 40.6 Å². The van der Waals surface area contributed by atoms with Gasteiger partial charge in [0.15, 0.2) is 0 Å². The number of aromatic nitrogens is 2. The predicted molar refractivity (Wildman–Crippen MR) is 141 cm³/mol. The molecule has 0 bridgehead atoms. The maximum atomic E-state index is 12.8. The molecule has 0 radical (unpaired) electrons. The molecule has 3 rings (SSSR count). The van der Waals surface area contributed by atoms with Crippen LogP contribution >= 0.6 is 0 Å². The molecule has 0 fully saturated rings. The van der Waals surface area contributed by atoms with Gasteiger partial charge in [0.1, 0.15) is 17.9 Å². The topological polar surface area (TPSA) is 110 Å². The SMILES string of the molecule is C[C@H](CO)CCC/C=C\CCCOc1cc(C(N)=O)c2ncnc(NCc3ccc(C(F)(F)F)cc3)c2c1. The van der Waals surface area contributed by atoms with Gasteiger partial charge in [-0.15, -0.1) is 0 Å². The van der Waals surface area contributed by atoms with Crippen molar-refractivity contribution in [1.29, 1.82) is 0 Å². The number of rotatable bonds is 14. The maximum absolute atomic E-state index is 12.8. The normalized spacial score (nSPS) is 12.7. The second-order valence-electron chi connectivity index (χ2n) is 9.18. The summed E-state index contributed by atoms with van der Waals surface area (Å²) in [4.78, 5) is 20.6. The van der Waals surface area contributed by atoms with Crippen LogP contribution in [0.5, 0.6) is 5.75 Å². The maximum Gasteiger partial charge on any atom is 0.416 e. The van der Waals surface area contributed by atoms with E-state index in [1.165, 1.54) is 18.5 Å². The molecule has 0 aliphatic rings. The Morgan fingerprint density at radius 3 is 2.50 bits per heavy atom. The minimum absolute atomic E-state index is 0.189. The van der Waals surface area contributed by atoms with E-state index in [2.05, 4.69) is 27.4 Å². The van der Waals surface area contributed by atoms with Crippen molar-refractivity contribution in [2.45, 2.75) is 51.7 Å². The molecule has 2 aromatic carbocycles. The van der Waals surface area contributed by atoms with E-state index in [9.17, 15) is 18.0 Å². The van der Waals surface area contributed by atoms with Gasteiger partial charge in [0, 0.05) is 18.5 Å². The molecule has 0 saturated carbocycles. The molecule has 0 spiro atoms. The molecular formula is C28H33F3N4O3. The third-order valence-electron chi connectivity index (χ3n) is 6.05. The summed E-state index contributed by atoms with van der Waals surface area (Å²) in [6, 6.07) is 8.11. The number of halogens is 3. The quantitative estimate of drug-likeness (QED) is 0.178. The monoisotopic (exact) mass is 530 g/mol. The van der Waals surface area contributed by atoms with E-state index in [-0.39, 0.29) is 18.7 Å². The van der Waals surface area contributed by atoms with E-state index in [1.54, 1.807) is 12.1 Å². The number of hydrogen-bond donors (Lipinski definition) is 3. The third-order valence-corrected chi connectivity index (χ3v) is 6.05. The van der Waals surface area contributed by atoms with Crippen molar-refractivity contribution >= 4 is 22.6 Å². The average Bonchev–Trinajstić information content (AvgIpc) is 2.90. The van der Waals surface area contributed by atoms with Crippen molar-refractivity contribution in [3.63, 3.8) is 0 Å². The number of aliphatic hydroxyl groups excluding tert-OH is 1. The Morgan fingerprint density at radius 1 is 1.13 bits per heavy atom. The zero-order chi connectivity index (χ0) is 27.5. The summed E-state index contributed by atoms with van der Waals surface area (Å²) in [6.45, 7) is 2.89. The van der Waals surface area contributed by atoms with Crippen LogP contribution in [0.3, 0.4) is 0 Å². The standard InChI is InChI=1S/C28H33F3N4O3/c1-19(17-36)8-6-4-2-3-5-7-13-38-22-14-23(26(32)37)25-24(15-22)27(35-18-34-25)33-16-20-9-11-21(12-10-20)28(29,30)31/h2-3,9-12,14-15,18-19,36H,4-8,13,16-17H2,1H3,(H2,32,37)(H,33,34,35)/b3-2-/t19-/m0/s1. The molecule has 204 valence electrons. The number of fused-ring (bicyclic) bond motifs is 1. The molecule has 1 aromatic heterocycles. The van der Waals surface area contributed by atoms with Gasteiger partial charge < -0.3 is 20.9 Å². The van der Waals surface area contributed by atoms with Crippen molar-refractivity contribution in [1.82, 2.24) is 9.97 Å². The molecule has 0 aliphatic carbocycles. The Hall–Kier alpha value is -3.66. The lowest BCUT2D eigenvalue weighted by Crippen LogP contribution is -2.13. The van der Waals surface area contributed by atoms with Crippen LogP contribution in [0.15, 0.2) is 54.9 Å². The van der Waals surface area contributed by atoms with Gasteiger partial charge in [0.25, 0.3) is 5.91 Å². The molecule has 0 aliphatic heterocycles. The van der Waals surface area contributed by atoms with Crippen LogP contribution in [0.1, 0.15) is 60.5 Å². The van der Waals surface area contributed by atoms with Gasteiger partial charge in [0.2, 0.25) is 0 Å². The van der Waals surface area contributed by atoms with Crippen LogP contribution in [0.4, 0.5) is 19.0 Å². The molecule has 7 nitrogen and oxygen atoms in total. The van der Waals surface area contributed by atoms with E-state index in [0.717, 1.165) is 44.2 Å². The summed E-state index contributed by atoms with van der Waals surface area (Å²) >= 11 is 0. The number of primary amides is 1. The summed E-state index contributed by atoms with van der Waals surface area (Å²) in [6.07, 6.45) is 5.77. The van der Waals surface area contributed by atoms with Gasteiger partial charge in [-0.3, -0.25) is 4.79 Å². The predicted octanol–water partition coefficient (Wildman–Crippen LogP) is 5.87. The smallest absolute Gasteiger partial charge is 0.416 e. The number of carbonyl (C=O) groups is 1. The van der Waals surface area contributed by atoms with E-state index in [4.69, 9.17) is 15.6 Å². The van der Waals surface area contributed by atoms with Crippen LogP contribution in [-0.4, -0.2) is 34.2 Å². The number of unbranched alkanes of at least 4 members (excludes halogenated alkanes) is 2. The lowest BCUT2D eigenvalue weighted by Gasteiger charge is -2.13. The van der Waals surface area contributed by atoms with Crippen molar-refractivity contribution < 1.29 is 27.8 Å². The fourth-order valence-electron chi connectivity index (χ4n) is 3.85. The lowest BCUT2D eigenvalue weighted by atomic mass is 10.1. The Bertz CT molecular complexity index is 1230. The van der Waals surface area contributed by atoms with Gasteiger partial charge in [-0.2, -0.15) is 13.2 Å². The Labute approximate surface area is 219 Å². The van der Waals surface area contributed by atoms with Crippen LogP contribution in [0.25, 0.3) is 10.9 Å². The molecule has 1 heterocycles. The second-order valence-corrected chi connectivity index (χ2v) is 9.18. The summed E-state index contributed by atoms with van der Waals surface area (Å²) in [5.74, 6) is 0.517. The first-order valence-corrected chi connectivity index (χ1v) is 12.6. The summed E-state index contributed by atoms with van der Waals surface area (Å²) in [5.41, 5.74) is 6.04. The number of amides is 1. The lowest BCUT2D eigenvalue weighted by molar-refractivity contribution is -0.137. The van der Waals surface area contributed by atoms with Crippen molar-refractivity contribution in [3.8, 4) is 5.75 Å². The number of nitrogens with zero attached hydrogens (tertiary/aromatic N) is 2. The van der Waals surface area contributed by atoms with Gasteiger partial charge >= 0.3 is 6.18 Å². The molecule has 10 heteroatoms. The first-order valence-electron chi connectivity index (χ1n) is 12.6. The van der Waals surface area contributed by atoms with Gasteiger partial charge in [0.05, 0.1) is 23.3 Å². The Balaban J connectivity index is 1.63. The third kappa shape index (κ3) is 8.44. The van der Waals surface area contributed by atoms with Gasteiger partial charge in [-0.1, -0.05) is 31.2 Å². The van der Waals surface area contributed by atoms with Crippen molar-refractivity contribution in [3.05, 3.63) is 71.6 Å². The summed E-state index contributed by atoms with van der Waals surface area (Å²) < 4.78 is 44.4. The largest absolute Gasteiger partial charge is 0.494 e. The first-order chi connectivity index (χ1) is 18.2. The molecule has 4 N–H and O–H groups in total. The van der Waals surface area contributed by atoms with Crippen molar-refractivity contribution in [2.24, 2.45) is 11.7 Å². The molecule has 0 unspecified atom stereocenters. The Kier molecular flexibility index (Phi) is 10.5. The highest BCUT2D eigenvalue weighted by Gasteiger charge is 2.29. The number of nitrogens with two attached hydrogens (primary N) is 1. The van der Waals surface area contributed by atoms with Gasteiger partial charge in [-0.25, -0.2) is 9.97 Å². The number of alkyl halides is 3. The molecule has 1 amide bonds. The highest BCUT2D eigenvalue weighted by Crippen LogP contribution is 2.30. The minimum Gasteiger partial charge on any atom is -0.494 e. The van der Waals surface area contributed by atoms with Crippen LogP contribution in [-0.2, 0) is 12.7 Å². The van der Waals surface area contributed by atoms with Crippen LogP contribution < -0.4 is 15.8 Å². The number of carbonyl (C=O) groups excluding carboxylic acids is 1. The van der Waals surface area contributed by atoms with Crippen LogP contribution in [0, 0.1) is 5.92 Å². The minimum atomic E-state index is -4.40. The molecule has 38 heavy (non-hydrogen) atoms. The summed E-state index contributed by atoms with van der Waals surface area (Å²) in [5, 5.41) is 12.7. The number of aliphatic hydroxyl groups is 1. The second kappa shape index (κ2) is 13.8. The highest BCUT2D eigenvalue weighted by molar-refractivity contribution is 6.07. The zero-order valence-electron chi connectivity index (χ0n) is 21.3. The highest BCUT2D eigenvalue weighted by atomic mass is 19.4.